The summed E-state index contributed by atoms with van der Waals surface area (Å²) >= 11 is 0. The zero-order chi connectivity index (χ0) is 41.2. The van der Waals surface area contributed by atoms with E-state index in [0.717, 1.165) is 95.1 Å². The average molecular weight is 789 g/mol. The van der Waals surface area contributed by atoms with Crippen molar-refractivity contribution >= 4 is 78.8 Å². The van der Waals surface area contributed by atoms with Gasteiger partial charge < -0.3 is 19.3 Å². The van der Waals surface area contributed by atoms with Crippen LogP contribution in [0, 0.1) is 0 Å². The lowest BCUT2D eigenvalue weighted by atomic mass is 9.33. The first-order valence-corrected chi connectivity index (χ1v) is 21.4. The summed E-state index contributed by atoms with van der Waals surface area (Å²) in [6.07, 6.45) is 0. The summed E-state index contributed by atoms with van der Waals surface area (Å²) in [5.41, 5.74) is 12.5. The summed E-state index contributed by atoms with van der Waals surface area (Å²) < 4.78 is 14.1. The molecule has 0 spiro atoms. The van der Waals surface area contributed by atoms with Crippen molar-refractivity contribution in [3.05, 3.63) is 199 Å². The van der Waals surface area contributed by atoms with Crippen LogP contribution in [0.3, 0.4) is 0 Å². The van der Waals surface area contributed by atoms with Crippen LogP contribution < -0.4 is 35.7 Å². The molecule has 0 amide bonds. The fourth-order valence-electron chi connectivity index (χ4n) is 9.52. The molecule has 9 aromatic carbocycles. The molecule has 0 saturated heterocycles. The molecule has 2 aliphatic rings. The zero-order valence-corrected chi connectivity index (χ0v) is 34.8. The van der Waals surface area contributed by atoms with Gasteiger partial charge in [-0.2, -0.15) is 0 Å². The molecule has 2 heterocycles. The van der Waals surface area contributed by atoms with Gasteiger partial charge in [0.15, 0.2) is 0 Å². The van der Waals surface area contributed by atoms with Gasteiger partial charge in [0.2, 0.25) is 0 Å². The van der Waals surface area contributed by atoms with E-state index in [-0.39, 0.29) is 6.71 Å². The van der Waals surface area contributed by atoms with Crippen molar-refractivity contribution < 1.29 is 9.47 Å². The van der Waals surface area contributed by atoms with Crippen LogP contribution in [0.4, 0.5) is 34.1 Å². The fraction of sp³-hybridized carbons (Fsp3) is 0.107. The van der Waals surface area contributed by atoms with E-state index in [1.165, 1.54) is 11.1 Å². The Morgan fingerprint density at radius 1 is 0.344 bits per heavy atom. The van der Waals surface area contributed by atoms with Crippen molar-refractivity contribution in [2.75, 3.05) is 9.80 Å². The van der Waals surface area contributed by atoms with Crippen molar-refractivity contribution in [3.63, 3.8) is 0 Å². The SMILES string of the molecule is CC(C)c1ccc(N(c2ccccc2)c2cc3c(c4ccccc24)B2c4c(cccc4Oc4cc(N(c5ccccc5)c5ccc(C(C)C)cc5)c5ccccc5c42)O3)cc1. The number of hydrogen-bond donors (Lipinski definition) is 0. The highest BCUT2D eigenvalue weighted by Crippen LogP contribution is 2.47. The van der Waals surface area contributed by atoms with E-state index in [4.69, 9.17) is 9.47 Å². The smallest absolute Gasteiger partial charge is 0.262 e. The van der Waals surface area contributed by atoms with Crippen LogP contribution in [0.2, 0.25) is 0 Å². The van der Waals surface area contributed by atoms with Gasteiger partial charge in [0.1, 0.15) is 23.0 Å². The van der Waals surface area contributed by atoms with Gasteiger partial charge >= 0.3 is 0 Å². The van der Waals surface area contributed by atoms with Gasteiger partial charge in [-0.1, -0.05) is 143 Å². The van der Waals surface area contributed by atoms with Crippen molar-refractivity contribution in [2.24, 2.45) is 0 Å². The Bertz CT molecular complexity index is 2880. The quantitative estimate of drug-likeness (QED) is 0.143. The molecule has 0 radical (unpaired) electrons. The van der Waals surface area contributed by atoms with Crippen LogP contribution in [-0.4, -0.2) is 6.71 Å². The predicted octanol–water partition coefficient (Wildman–Crippen LogP) is 13.9. The van der Waals surface area contributed by atoms with Gasteiger partial charge in [-0.3, -0.25) is 0 Å². The van der Waals surface area contributed by atoms with Crippen LogP contribution >= 0.6 is 0 Å². The van der Waals surface area contributed by atoms with E-state index in [9.17, 15) is 0 Å². The molecule has 4 nitrogen and oxygen atoms in total. The van der Waals surface area contributed by atoms with E-state index in [1.54, 1.807) is 0 Å². The average Bonchev–Trinajstić information content (AvgIpc) is 3.30. The molecule has 5 heteroatoms. The Balaban J connectivity index is 1.16. The molecule has 9 aromatic rings. The maximum atomic E-state index is 7.06. The molecule has 61 heavy (non-hydrogen) atoms. The van der Waals surface area contributed by atoms with Crippen molar-refractivity contribution in [1.29, 1.82) is 0 Å². The number of rotatable bonds is 8. The Morgan fingerprint density at radius 3 is 1.10 bits per heavy atom. The molecule has 11 rings (SSSR count). The van der Waals surface area contributed by atoms with Gasteiger partial charge in [0, 0.05) is 51.1 Å². The molecule has 2 aliphatic heterocycles. The first-order valence-electron chi connectivity index (χ1n) is 21.4. The summed E-state index contributed by atoms with van der Waals surface area (Å²) in [5, 5.41) is 4.60. The lowest BCUT2D eigenvalue weighted by Crippen LogP contribution is -2.58. The number of para-hydroxylation sites is 2. The fourth-order valence-corrected chi connectivity index (χ4v) is 9.52. The molecule has 0 fully saturated rings. The Labute approximate surface area is 358 Å². The van der Waals surface area contributed by atoms with Crippen molar-refractivity contribution in [2.45, 2.75) is 39.5 Å². The van der Waals surface area contributed by atoms with E-state index in [1.807, 2.05) is 6.07 Å². The molecule has 0 atom stereocenters. The van der Waals surface area contributed by atoms with E-state index in [2.05, 4.69) is 219 Å². The number of fused-ring (bicyclic) bond motifs is 8. The highest BCUT2D eigenvalue weighted by molar-refractivity contribution is 7.01. The normalized spacial score (nSPS) is 12.5. The first-order chi connectivity index (χ1) is 29.9. The summed E-state index contributed by atoms with van der Waals surface area (Å²) in [5.74, 6) is 4.21. The maximum absolute atomic E-state index is 7.06. The van der Waals surface area contributed by atoms with Crippen LogP contribution in [0.5, 0.6) is 23.0 Å². The van der Waals surface area contributed by atoms with Crippen molar-refractivity contribution in [3.8, 4) is 23.0 Å². The van der Waals surface area contributed by atoms with Gasteiger partial charge in [0.05, 0.1) is 11.4 Å². The van der Waals surface area contributed by atoms with Gasteiger partial charge in [-0.25, -0.2) is 0 Å². The van der Waals surface area contributed by atoms with Crippen molar-refractivity contribution in [1.82, 2.24) is 0 Å². The van der Waals surface area contributed by atoms with Crippen LogP contribution in [0.1, 0.15) is 50.7 Å². The van der Waals surface area contributed by atoms with Gasteiger partial charge in [-0.15, -0.1) is 0 Å². The molecule has 0 unspecified atom stereocenters. The first kappa shape index (κ1) is 36.8. The lowest BCUT2D eigenvalue weighted by Gasteiger charge is -2.37. The van der Waals surface area contributed by atoms with Gasteiger partial charge in [0.25, 0.3) is 6.71 Å². The van der Waals surface area contributed by atoms with E-state index in [0.29, 0.717) is 11.8 Å². The molecular weight excluding hydrogens is 743 g/mol. The third-order valence-corrected chi connectivity index (χ3v) is 12.5. The standard InChI is InChI=1S/C56H45BN2O2/c1-36(2)38-26-30-42(31-27-38)58(40-16-7-5-8-17-40)48-34-52-54(46-22-13-11-20-44(46)48)57-55-47-23-14-12-21-45(47)49(35-53(55)61-51-25-15-24-50(60-52)56(51)57)59(41-18-9-6-10-19-41)43-32-28-39(29-33-43)37(3)4/h5-37H,1-4H3. The minimum atomic E-state index is -0.150. The summed E-state index contributed by atoms with van der Waals surface area (Å²) in [6.45, 7) is 8.81. The topological polar surface area (TPSA) is 24.9 Å². The monoisotopic (exact) mass is 788 g/mol. The maximum Gasteiger partial charge on any atom is 0.262 e. The second-order valence-electron chi connectivity index (χ2n) is 16.8. The molecule has 294 valence electrons. The number of benzene rings is 9. The Hall–Kier alpha value is -7.24. The summed E-state index contributed by atoms with van der Waals surface area (Å²) in [7, 11) is 0. The minimum absolute atomic E-state index is 0.150. The number of anilines is 6. The summed E-state index contributed by atoms with van der Waals surface area (Å²) in [6, 6.07) is 67.7. The Kier molecular flexibility index (Phi) is 8.93. The predicted molar refractivity (Wildman–Crippen MR) is 257 cm³/mol. The molecule has 0 aromatic heterocycles. The summed E-state index contributed by atoms with van der Waals surface area (Å²) in [4.78, 5) is 4.74. The lowest BCUT2D eigenvalue weighted by molar-refractivity contribution is 0.465. The second kappa shape index (κ2) is 14.8. The highest BCUT2D eigenvalue weighted by atomic mass is 16.5. The minimum Gasteiger partial charge on any atom is -0.458 e. The Morgan fingerprint density at radius 2 is 0.705 bits per heavy atom. The largest absolute Gasteiger partial charge is 0.458 e. The third-order valence-electron chi connectivity index (χ3n) is 12.5. The number of ether oxygens (including phenoxy) is 2. The second-order valence-corrected chi connectivity index (χ2v) is 16.8. The molecule has 0 bridgehead atoms. The molecule has 0 N–H and O–H groups in total. The molecule has 0 aliphatic carbocycles. The van der Waals surface area contributed by atoms with E-state index < -0.39 is 0 Å². The third kappa shape index (κ3) is 6.14. The van der Waals surface area contributed by atoms with Crippen LogP contribution in [-0.2, 0) is 0 Å². The van der Waals surface area contributed by atoms with E-state index >= 15 is 0 Å². The zero-order valence-electron chi connectivity index (χ0n) is 34.8. The number of hydrogen-bond acceptors (Lipinski definition) is 4. The highest BCUT2D eigenvalue weighted by Gasteiger charge is 2.43. The van der Waals surface area contributed by atoms with Crippen LogP contribution in [0.25, 0.3) is 21.5 Å². The molecule has 0 saturated carbocycles. The molecular formula is C56H45BN2O2. The number of nitrogens with zero attached hydrogens (tertiary/aromatic N) is 2. The van der Waals surface area contributed by atoms with Crippen LogP contribution in [0.15, 0.2) is 188 Å². The van der Waals surface area contributed by atoms with Gasteiger partial charge in [-0.05, 0) is 105 Å².